The van der Waals surface area contributed by atoms with Crippen molar-refractivity contribution >= 4 is 17.3 Å². The zero-order valence-corrected chi connectivity index (χ0v) is 9.32. The highest BCUT2D eigenvalue weighted by Gasteiger charge is 2.08. The summed E-state index contributed by atoms with van der Waals surface area (Å²) in [7, 11) is 0. The summed E-state index contributed by atoms with van der Waals surface area (Å²) in [5.74, 6) is -0.446. The predicted octanol–water partition coefficient (Wildman–Crippen LogP) is 2.94. The van der Waals surface area contributed by atoms with Gasteiger partial charge in [-0.25, -0.2) is 9.78 Å². The van der Waals surface area contributed by atoms with E-state index in [-0.39, 0.29) is 5.56 Å². The van der Waals surface area contributed by atoms with Gasteiger partial charge in [-0.3, -0.25) is 0 Å². The molecule has 0 atom stereocenters. The monoisotopic (exact) mass is 235 g/mol. The third-order valence-electron chi connectivity index (χ3n) is 2.04. The van der Waals surface area contributed by atoms with Crippen LogP contribution >= 0.6 is 11.3 Å². The second-order valence-electron chi connectivity index (χ2n) is 3.19. The summed E-state index contributed by atoms with van der Waals surface area (Å²) in [4.78, 5) is 14.8. The van der Waals surface area contributed by atoms with Gasteiger partial charge < -0.3 is 9.84 Å². The molecule has 2 rings (SSSR count). The normalized spacial score (nSPS) is 10.1. The van der Waals surface area contributed by atoms with E-state index in [0.29, 0.717) is 10.9 Å². The van der Waals surface area contributed by atoms with Crippen LogP contribution in [0.2, 0.25) is 0 Å². The van der Waals surface area contributed by atoms with Gasteiger partial charge in [-0.15, -0.1) is 0 Å². The van der Waals surface area contributed by atoms with Gasteiger partial charge in [0.1, 0.15) is 5.75 Å². The van der Waals surface area contributed by atoms with Crippen LogP contribution in [0.1, 0.15) is 15.9 Å². The van der Waals surface area contributed by atoms with Crippen molar-refractivity contribution in [1.29, 1.82) is 0 Å². The Labute approximate surface area is 96.1 Å². The fraction of sp³-hybridized carbons (Fsp3) is 0.0909. The fourth-order valence-corrected chi connectivity index (χ4v) is 1.70. The Hall–Kier alpha value is -1.88. The number of hydrogen-bond donors (Lipinski definition) is 1. The Kier molecular flexibility index (Phi) is 2.87. The number of rotatable bonds is 3. The first-order valence-electron chi connectivity index (χ1n) is 4.58. The molecule has 1 heterocycles. The van der Waals surface area contributed by atoms with E-state index in [0.717, 1.165) is 5.56 Å². The SMILES string of the molecule is Cc1ccc(C(=O)O)cc1Oc1nccs1. The third kappa shape index (κ3) is 2.20. The highest BCUT2D eigenvalue weighted by Crippen LogP contribution is 2.27. The number of carboxylic acid groups (broad SMARTS) is 1. The molecule has 0 saturated heterocycles. The second-order valence-corrected chi connectivity index (χ2v) is 4.04. The lowest BCUT2D eigenvalue weighted by atomic mass is 10.1. The molecule has 0 aliphatic heterocycles. The number of aromatic carboxylic acids is 1. The van der Waals surface area contributed by atoms with E-state index >= 15 is 0 Å². The van der Waals surface area contributed by atoms with Crippen LogP contribution in [0.3, 0.4) is 0 Å². The Balaban J connectivity index is 2.32. The van der Waals surface area contributed by atoms with Gasteiger partial charge in [0.05, 0.1) is 5.56 Å². The molecule has 0 bridgehead atoms. The molecule has 82 valence electrons. The average molecular weight is 235 g/mol. The molecule has 16 heavy (non-hydrogen) atoms. The van der Waals surface area contributed by atoms with Crippen molar-refractivity contribution in [3.8, 4) is 10.9 Å². The van der Waals surface area contributed by atoms with Crippen LogP contribution in [0, 0.1) is 6.92 Å². The van der Waals surface area contributed by atoms with Gasteiger partial charge in [-0.2, -0.15) is 0 Å². The minimum atomic E-state index is -0.969. The first-order chi connectivity index (χ1) is 7.66. The van der Waals surface area contributed by atoms with E-state index in [1.165, 1.54) is 17.4 Å². The van der Waals surface area contributed by atoms with E-state index in [4.69, 9.17) is 9.84 Å². The molecule has 0 fully saturated rings. The van der Waals surface area contributed by atoms with Gasteiger partial charge in [0.15, 0.2) is 0 Å². The topological polar surface area (TPSA) is 59.4 Å². The summed E-state index contributed by atoms with van der Waals surface area (Å²) < 4.78 is 5.48. The van der Waals surface area contributed by atoms with Crippen LogP contribution < -0.4 is 4.74 Å². The van der Waals surface area contributed by atoms with Crippen LogP contribution in [0.5, 0.6) is 10.9 Å². The number of aryl methyl sites for hydroxylation is 1. The molecule has 5 heteroatoms. The number of nitrogens with zero attached hydrogens (tertiary/aromatic N) is 1. The lowest BCUT2D eigenvalue weighted by molar-refractivity contribution is 0.0696. The van der Waals surface area contributed by atoms with E-state index in [1.807, 2.05) is 6.92 Å². The molecule has 4 nitrogen and oxygen atoms in total. The fourth-order valence-electron chi connectivity index (χ4n) is 1.20. The van der Waals surface area contributed by atoms with Gasteiger partial charge in [-0.1, -0.05) is 17.4 Å². The number of benzene rings is 1. The highest BCUT2D eigenvalue weighted by atomic mass is 32.1. The molecule has 1 aromatic heterocycles. The molecule has 0 unspecified atom stereocenters. The average Bonchev–Trinajstić information content (AvgIpc) is 2.73. The maximum atomic E-state index is 10.8. The minimum absolute atomic E-state index is 0.206. The van der Waals surface area contributed by atoms with Crippen molar-refractivity contribution < 1.29 is 14.6 Å². The molecule has 0 amide bonds. The lowest BCUT2D eigenvalue weighted by Gasteiger charge is -2.06. The van der Waals surface area contributed by atoms with Crippen molar-refractivity contribution in [3.05, 3.63) is 40.9 Å². The maximum absolute atomic E-state index is 10.8. The second kappa shape index (κ2) is 4.32. The summed E-state index contributed by atoms with van der Waals surface area (Å²) in [5.41, 5.74) is 1.08. The van der Waals surface area contributed by atoms with Gasteiger partial charge in [0.2, 0.25) is 0 Å². The number of aromatic nitrogens is 1. The molecule has 0 radical (unpaired) electrons. The molecule has 1 N–H and O–H groups in total. The number of ether oxygens (including phenoxy) is 1. The molecule has 0 saturated carbocycles. The first-order valence-corrected chi connectivity index (χ1v) is 5.46. The van der Waals surface area contributed by atoms with Crippen LogP contribution in [-0.2, 0) is 0 Å². The summed E-state index contributed by atoms with van der Waals surface area (Å²) in [6, 6.07) is 4.76. The highest BCUT2D eigenvalue weighted by molar-refractivity contribution is 7.11. The summed E-state index contributed by atoms with van der Waals surface area (Å²) in [6.07, 6.45) is 1.64. The van der Waals surface area contributed by atoms with E-state index in [9.17, 15) is 4.79 Å². The summed E-state index contributed by atoms with van der Waals surface area (Å²) in [6.45, 7) is 1.86. The molecule has 1 aromatic carbocycles. The van der Waals surface area contributed by atoms with Gasteiger partial charge in [0.25, 0.3) is 5.19 Å². The zero-order chi connectivity index (χ0) is 11.5. The van der Waals surface area contributed by atoms with E-state index < -0.39 is 5.97 Å². The van der Waals surface area contributed by atoms with Crippen molar-refractivity contribution in [2.24, 2.45) is 0 Å². The van der Waals surface area contributed by atoms with Crippen LogP contribution in [0.4, 0.5) is 0 Å². The Morgan fingerprint density at radius 1 is 1.50 bits per heavy atom. The first kappa shape index (κ1) is 10.6. The Morgan fingerprint density at radius 3 is 2.94 bits per heavy atom. The number of hydrogen-bond acceptors (Lipinski definition) is 4. The molecular formula is C11H9NO3S. The molecule has 0 aliphatic rings. The van der Waals surface area contributed by atoms with Gasteiger partial charge in [0, 0.05) is 11.6 Å². The van der Waals surface area contributed by atoms with Crippen molar-refractivity contribution in [1.82, 2.24) is 4.98 Å². The van der Waals surface area contributed by atoms with Gasteiger partial charge in [-0.05, 0) is 24.6 Å². The van der Waals surface area contributed by atoms with Crippen LogP contribution in [0.15, 0.2) is 29.8 Å². The summed E-state index contributed by atoms with van der Waals surface area (Å²) in [5, 5.41) is 11.2. The minimum Gasteiger partial charge on any atom is -0.478 e. The molecule has 2 aromatic rings. The van der Waals surface area contributed by atoms with E-state index in [1.54, 1.807) is 23.7 Å². The maximum Gasteiger partial charge on any atom is 0.335 e. The molecular weight excluding hydrogens is 226 g/mol. The Bertz CT molecular complexity index is 508. The number of thiazole rings is 1. The summed E-state index contributed by atoms with van der Waals surface area (Å²) >= 11 is 1.36. The van der Waals surface area contributed by atoms with E-state index in [2.05, 4.69) is 4.98 Å². The van der Waals surface area contributed by atoms with Crippen LogP contribution in [-0.4, -0.2) is 16.1 Å². The lowest BCUT2D eigenvalue weighted by Crippen LogP contribution is -1.97. The largest absolute Gasteiger partial charge is 0.478 e. The van der Waals surface area contributed by atoms with Crippen LogP contribution in [0.25, 0.3) is 0 Å². The number of carboxylic acids is 1. The van der Waals surface area contributed by atoms with Gasteiger partial charge >= 0.3 is 5.97 Å². The third-order valence-corrected chi connectivity index (χ3v) is 2.69. The standard InChI is InChI=1S/C11H9NO3S/c1-7-2-3-8(10(13)14)6-9(7)15-11-12-4-5-16-11/h2-6H,1H3,(H,13,14). The Morgan fingerprint density at radius 2 is 2.31 bits per heavy atom. The quantitative estimate of drug-likeness (QED) is 0.888. The molecule has 0 spiro atoms. The van der Waals surface area contributed by atoms with Crippen molar-refractivity contribution in [2.75, 3.05) is 0 Å². The number of carbonyl (C=O) groups is 1. The van der Waals surface area contributed by atoms with Crippen molar-refractivity contribution in [3.63, 3.8) is 0 Å². The molecule has 0 aliphatic carbocycles. The zero-order valence-electron chi connectivity index (χ0n) is 8.51. The predicted molar refractivity (Wildman–Crippen MR) is 60.3 cm³/mol. The smallest absolute Gasteiger partial charge is 0.335 e. The van der Waals surface area contributed by atoms with Crippen molar-refractivity contribution in [2.45, 2.75) is 6.92 Å².